The Hall–Kier alpha value is -1.50. The predicted octanol–water partition coefficient (Wildman–Crippen LogP) is 3.48. The maximum absolute atomic E-state index is 5.87. The molecule has 0 spiro atoms. The Balaban J connectivity index is 2.36. The summed E-state index contributed by atoms with van der Waals surface area (Å²) in [4.78, 5) is 4.20. The third-order valence-corrected chi connectivity index (χ3v) is 2.72. The van der Waals surface area contributed by atoms with Crippen LogP contribution in [0.5, 0.6) is 0 Å². The van der Waals surface area contributed by atoms with Crippen LogP contribution in [-0.2, 0) is 0 Å². The first-order valence-electron chi connectivity index (χ1n) is 4.85. The predicted molar refractivity (Wildman–Crippen MR) is 73.8 cm³/mol. The number of anilines is 1. The molecule has 0 saturated carbocycles. The molecule has 2 aromatic rings. The Morgan fingerprint density at radius 2 is 2.00 bits per heavy atom. The third kappa shape index (κ3) is 3.23. The number of rotatable bonds is 0. The number of hydrogen-bond donors (Lipinski definition) is 1. The summed E-state index contributed by atoms with van der Waals surface area (Å²) in [5.41, 5.74) is 7.72. The summed E-state index contributed by atoms with van der Waals surface area (Å²) in [6.45, 7) is 0. The lowest BCUT2D eigenvalue weighted by atomic mass is 10.2. The molecule has 2 nitrogen and oxygen atoms in total. The molecule has 0 aliphatic carbocycles. The fourth-order valence-corrected chi connectivity index (χ4v) is 1.74. The van der Waals surface area contributed by atoms with Gasteiger partial charge in [0.1, 0.15) is 10.3 Å². The van der Waals surface area contributed by atoms with Crippen LogP contribution in [0.4, 0.5) is 5.69 Å². The van der Waals surface area contributed by atoms with Crippen molar-refractivity contribution in [3.63, 3.8) is 0 Å². The summed E-state index contributed by atoms with van der Waals surface area (Å²) >= 11 is 9.15. The average molecular weight is 308 g/mol. The van der Waals surface area contributed by atoms with Crippen LogP contribution in [0.2, 0.25) is 5.02 Å². The number of hydrogen-bond acceptors (Lipinski definition) is 2. The summed E-state index contributed by atoms with van der Waals surface area (Å²) in [6.07, 6.45) is 0. The molecule has 0 bridgehead atoms. The molecule has 17 heavy (non-hydrogen) atoms. The van der Waals surface area contributed by atoms with Crippen molar-refractivity contribution in [2.24, 2.45) is 0 Å². The standard InChI is InChI=1S/C13H8BrClN2/c14-13-7-5-11(16)12(17-13)6-4-9-2-1-3-10(15)8-9/h1-3,5,7-8H,16H2. The molecule has 1 aromatic heterocycles. The van der Waals surface area contributed by atoms with Crippen molar-refractivity contribution in [2.75, 3.05) is 5.73 Å². The summed E-state index contributed by atoms with van der Waals surface area (Å²) in [5.74, 6) is 5.89. The lowest BCUT2D eigenvalue weighted by Gasteiger charge is -1.97. The van der Waals surface area contributed by atoms with Gasteiger partial charge in [0, 0.05) is 10.6 Å². The van der Waals surface area contributed by atoms with Crippen molar-refractivity contribution in [2.45, 2.75) is 0 Å². The number of benzene rings is 1. The topological polar surface area (TPSA) is 38.9 Å². The lowest BCUT2D eigenvalue weighted by molar-refractivity contribution is 1.25. The van der Waals surface area contributed by atoms with E-state index in [2.05, 4.69) is 32.8 Å². The minimum absolute atomic E-state index is 0.555. The second kappa shape index (κ2) is 5.22. The van der Waals surface area contributed by atoms with E-state index in [0.29, 0.717) is 21.0 Å². The van der Waals surface area contributed by atoms with Crippen molar-refractivity contribution in [3.8, 4) is 11.8 Å². The molecular weight excluding hydrogens is 300 g/mol. The number of nitrogens with zero attached hydrogens (tertiary/aromatic N) is 1. The zero-order valence-electron chi connectivity index (χ0n) is 8.74. The molecule has 0 saturated heterocycles. The molecule has 0 amide bonds. The highest BCUT2D eigenvalue weighted by atomic mass is 79.9. The molecule has 0 unspecified atom stereocenters. The molecule has 0 radical (unpaired) electrons. The Labute approximate surface area is 113 Å². The molecule has 0 atom stereocenters. The summed E-state index contributed by atoms with van der Waals surface area (Å²) in [7, 11) is 0. The van der Waals surface area contributed by atoms with Gasteiger partial charge in [-0.2, -0.15) is 0 Å². The highest BCUT2D eigenvalue weighted by Crippen LogP contribution is 2.13. The van der Waals surface area contributed by atoms with E-state index in [-0.39, 0.29) is 0 Å². The molecule has 2 rings (SSSR count). The summed E-state index contributed by atoms with van der Waals surface area (Å²) < 4.78 is 0.710. The molecule has 1 aromatic carbocycles. The van der Waals surface area contributed by atoms with Gasteiger partial charge >= 0.3 is 0 Å². The van der Waals surface area contributed by atoms with Crippen molar-refractivity contribution < 1.29 is 0 Å². The van der Waals surface area contributed by atoms with Gasteiger partial charge in [0.15, 0.2) is 0 Å². The molecule has 0 aliphatic heterocycles. The van der Waals surface area contributed by atoms with Gasteiger partial charge in [-0.3, -0.25) is 0 Å². The van der Waals surface area contributed by atoms with E-state index in [1.165, 1.54) is 0 Å². The van der Waals surface area contributed by atoms with Gasteiger partial charge in [-0.15, -0.1) is 0 Å². The van der Waals surface area contributed by atoms with E-state index in [1.54, 1.807) is 24.3 Å². The Kier molecular flexibility index (Phi) is 3.68. The van der Waals surface area contributed by atoms with Gasteiger partial charge in [-0.25, -0.2) is 4.98 Å². The Morgan fingerprint density at radius 3 is 2.76 bits per heavy atom. The van der Waals surface area contributed by atoms with E-state index in [4.69, 9.17) is 17.3 Å². The molecular formula is C13H8BrClN2. The van der Waals surface area contributed by atoms with Crippen LogP contribution in [0.15, 0.2) is 41.0 Å². The van der Waals surface area contributed by atoms with Gasteiger partial charge in [0.2, 0.25) is 0 Å². The van der Waals surface area contributed by atoms with Crippen molar-refractivity contribution in [1.82, 2.24) is 4.98 Å². The van der Waals surface area contributed by atoms with Crippen LogP contribution >= 0.6 is 27.5 Å². The van der Waals surface area contributed by atoms with E-state index >= 15 is 0 Å². The van der Waals surface area contributed by atoms with Crippen LogP contribution in [0.1, 0.15) is 11.3 Å². The van der Waals surface area contributed by atoms with Crippen molar-refractivity contribution in [1.29, 1.82) is 0 Å². The zero-order chi connectivity index (χ0) is 12.3. The molecule has 0 aliphatic rings. The van der Waals surface area contributed by atoms with E-state index < -0.39 is 0 Å². The second-order valence-electron chi connectivity index (χ2n) is 3.33. The van der Waals surface area contributed by atoms with Gasteiger partial charge < -0.3 is 5.73 Å². The van der Waals surface area contributed by atoms with Crippen LogP contribution in [0, 0.1) is 11.8 Å². The van der Waals surface area contributed by atoms with Crippen molar-refractivity contribution >= 4 is 33.2 Å². The van der Waals surface area contributed by atoms with E-state index in [0.717, 1.165) is 5.56 Å². The highest BCUT2D eigenvalue weighted by molar-refractivity contribution is 9.10. The molecule has 0 fully saturated rings. The Morgan fingerprint density at radius 1 is 1.18 bits per heavy atom. The molecule has 84 valence electrons. The minimum Gasteiger partial charge on any atom is -0.396 e. The second-order valence-corrected chi connectivity index (χ2v) is 4.58. The maximum atomic E-state index is 5.87. The zero-order valence-corrected chi connectivity index (χ0v) is 11.1. The first kappa shape index (κ1) is 12.0. The van der Waals surface area contributed by atoms with Crippen LogP contribution < -0.4 is 5.73 Å². The number of pyridine rings is 1. The van der Waals surface area contributed by atoms with Gasteiger partial charge in [0.25, 0.3) is 0 Å². The fraction of sp³-hybridized carbons (Fsp3) is 0. The molecule has 1 heterocycles. The first-order valence-corrected chi connectivity index (χ1v) is 6.02. The average Bonchev–Trinajstić information content (AvgIpc) is 2.30. The smallest absolute Gasteiger partial charge is 0.137 e. The van der Waals surface area contributed by atoms with Crippen LogP contribution in [0.3, 0.4) is 0 Å². The van der Waals surface area contributed by atoms with E-state index in [1.807, 2.05) is 12.1 Å². The normalized spacial score (nSPS) is 9.53. The van der Waals surface area contributed by atoms with Crippen molar-refractivity contribution in [3.05, 3.63) is 57.3 Å². The summed E-state index contributed by atoms with van der Waals surface area (Å²) in [5, 5.41) is 0.659. The fourth-order valence-electron chi connectivity index (χ4n) is 1.24. The van der Waals surface area contributed by atoms with Gasteiger partial charge in [-0.1, -0.05) is 23.6 Å². The summed E-state index contributed by atoms with van der Waals surface area (Å²) in [6, 6.07) is 10.9. The van der Waals surface area contributed by atoms with Crippen LogP contribution in [-0.4, -0.2) is 4.98 Å². The molecule has 2 N–H and O–H groups in total. The third-order valence-electron chi connectivity index (χ3n) is 2.04. The quantitative estimate of drug-likeness (QED) is 0.598. The van der Waals surface area contributed by atoms with Crippen LogP contribution in [0.25, 0.3) is 0 Å². The monoisotopic (exact) mass is 306 g/mol. The van der Waals surface area contributed by atoms with E-state index in [9.17, 15) is 0 Å². The number of aromatic nitrogens is 1. The largest absolute Gasteiger partial charge is 0.396 e. The Bertz CT molecular complexity index is 614. The minimum atomic E-state index is 0.555. The van der Waals surface area contributed by atoms with Gasteiger partial charge in [0.05, 0.1) is 5.69 Å². The molecule has 4 heteroatoms. The number of nitrogen functional groups attached to an aromatic ring is 1. The lowest BCUT2D eigenvalue weighted by Crippen LogP contribution is -1.93. The van der Waals surface area contributed by atoms with Gasteiger partial charge in [-0.05, 0) is 52.2 Å². The number of halogens is 2. The first-order chi connectivity index (χ1) is 8.15. The highest BCUT2D eigenvalue weighted by Gasteiger charge is 1.97. The maximum Gasteiger partial charge on any atom is 0.137 e. The SMILES string of the molecule is Nc1ccc(Br)nc1C#Cc1cccc(Cl)c1. The number of nitrogens with two attached hydrogens (primary N) is 1.